The Morgan fingerprint density at radius 1 is 1.25 bits per heavy atom. The molecule has 0 saturated carbocycles. The maximum Gasteiger partial charge on any atom is 0.344 e. The van der Waals surface area contributed by atoms with E-state index in [0.29, 0.717) is 21.4 Å². The van der Waals surface area contributed by atoms with E-state index in [9.17, 15) is 9.59 Å². The summed E-state index contributed by atoms with van der Waals surface area (Å²) in [5.74, 6) is -0.910. The van der Waals surface area contributed by atoms with Gasteiger partial charge in [-0.3, -0.25) is 4.79 Å². The molecule has 7 heteroatoms. The molecule has 1 amide bonds. The quantitative estimate of drug-likeness (QED) is 0.745. The van der Waals surface area contributed by atoms with Crippen molar-refractivity contribution in [3.63, 3.8) is 0 Å². The molecule has 0 aromatic heterocycles. The molecule has 28 heavy (non-hydrogen) atoms. The number of amidine groups is 1. The Labute approximate surface area is 167 Å². The minimum atomic E-state index is -1.06. The summed E-state index contributed by atoms with van der Waals surface area (Å²) in [4.78, 5) is 28.4. The fourth-order valence-corrected chi connectivity index (χ4v) is 3.34. The Kier molecular flexibility index (Phi) is 5.84. The highest BCUT2D eigenvalue weighted by molar-refractivity contribution is 8.18. The number of ether oxygens (including phenoxy) is 1. The molecule has 0 radical (unpaired) electrons. The van der Waals surface area contributed by atoms with Gasteiger partial charge >= 0.3 is 5.97 Å². The number of nitrogens with one attached hydrogen (secondary N) is 1. The normalized spacial score (nSPS) is 17.6. The van der Waals surface area contributed by atoms with Crippen molar-refractivity contribution >= 4 is 40.6 Å². The first-order valence-electron chi connectivity index (χ1n) is 8.69. The Bertz CT molecular complexity index is 998. The molecule has 3 rings (SSSR count). The molecule has 2 aromatic carbocycles. The predicted octanol–water partition coefficient (Wildman–Crippen LogP) is 4.05. The third-order valence-electron chi connectivity index (χ3n) is 4.09. The van der Waals surface area contributed by atoms with Gasteiger partial charge in [0.15, 0.2) is 11.3 Å². The first kappa shape index (κ1) is 19.7. The summed E-state index contributed by atoms with van der Waals surface area (Å²) < 4.78 is 5.49. The third-order valence-corrected chi connectivity index (χ3v) is 5.00. The highest BCUT2D eigenvalue weighted by Crippen LogP contribution is 2.31. The third kappa shape index (κ3) is 4.61. The van der Waals surface area contributed by atoms with Gasteiger partial charge < -0.3 is 15.2 Å². The van der Waals surface area contributed by atoms with Crippen LogP contribution in [0.5, 0.6) is 5.75 Å². The number of benzene rings is 2. The van der Waals surface area contributed by atoms with Gasteiger partial charge in [0.25, 0.3) is 5.91 Å². The smallest absolute Gasteiger partial charge is 0.344 e. The zero-order valence-corrected chi connectivity index (χ0v) is 16.5. The Morgan fingerprint density at radius 3 is 2.75 bits per heavy atom. The molecular formula is C21H20N2O4S. The zero-order valence-electron chi connectivity index (χ0n) is 15.7. The van der Waals surface area contributed by atoms with Gasteiger partial charge in [-0.1, -0.05) is 30.3 Å². The van der Waals surface area contributed by atoms with E-state index < -0.39 is 12.1 Å². The van der Waals surface area contributed by atoms with E-state index in [1.54, 1.807) is 30.3 Å². The second kappa shape index (κ2) is 8.31. The fraction of sp³-hybridized carbons (Fsp3) is 0.190. The van der Waals surface area contributed by atoms with Crippen molar-refractivity contribution in [1.29, 1.82) is 0 Å². The molecule has 1 fully saturated rings. The minimum Gasteiger partial charge on any atom is -0.479 e. The topological polar surface area (TPSA) is 88.0 Å². The van der Waals surface area contributed by atoms with Crippen molar-refractivity contribution in [2.24, 2.45) is 4.99 Å². The number of carboxylic acids is 1. The number of carboxylic acid groups (broad SMARTS) is 1. The van der Waals surface area contributed by atoms with E-state index >= 15 is 0 Å². The van der Waals surface area contributed by atoms with Crippen molar-refractivity contribution < 1.29 is 19.4 Å². The highest BCUT2D eigenvalue weighted by Gasteiger charge is 2.25. The average Bonchev–Trinajstić information content (AvgIpc) is 2.98. The van der Waals surface area contributed by atoms with Crippen LogP contribution in [0, 0.1) is 13.8 Å². The van der Waals surface area contributed by atoms with Crippen LogP contribution in [0.2, 0.25) is 0 Å². The number of aryl methyl sites for hydroxylation is 2. The van der Waals surface area contributed by atoms with Crippen LogP contribution in [0.4, 0.5) is 5.69 Å². The summed E-state index contributed by atoms with van der Waals surface area (Å²) in [6, 6.07) is 13.0. The van der Waals surface area contributed by atoms with E-state index in [2.05, 4.69) is 10.3 Å². The van der Waals surface area contributed by atoms with Gasteiger partial charge in [-0.2, -0.15) is 0 Å². The molecule has 1 saturated heterocycles. The maximum absolute atomic E-state index is 12.4. The maximum atomic E-state index is 12.4. The molecule has 0 bridgehead atoms. The van der Waals surface area contributed by atoms with Gasteiger partial charge in [0.2, 0.25) is 0 Å². The van der Waals surface area contributed by atoms with Gasteiger partial charge in [0.05, 0.1) is 10.6 Å². The fourth-order valence-electron chi connectivity index (χ4n) is 2.52. The van der Waals surface area contributed by atoms with Crippen molar-refractivity contribution in [3.05, 3.63) is 64.1 Å². The predicted molar refractivity (Wildman–Crippen MR) is 111 cm³/mol. The standard InChI is InChI=1S/C21H20N2O4S/c1-12-8-9-13(2)16(10-12)22-21-23-19(24)18(28-21)11-15-6-4-5-7-17(15)27-14(3)20(25)26/h4-11,14H,1-3H3,(H,25,26)(H,22,23,24)/b18-11+. The van der Waals surface area contributed by atoms with E-state index in [0.717, 1.165) is 16.8 Å². The number of rotatable bonds is 5. The first-order chi connectivity index (χ1) is 13.3. The lowest BCUT2D eigenvalue weighted by Gasteiger charge is -2.12. The van der Waals surface area contributed by atoms with Gasteiger partial charge in [-0.25, -0.2) is 9.79 Å². The van der Waals surface area contributed by atoms with Crippen LogP contribution in [0.25, 0.3) is 6.08 Å². The van der Waals surface area contributed by atoms with E-state index in [1.165, 1.54) is 18.7 Å². The molecule has 0 aliphatic carbocycles. The Balaban J connectivity index is 1.86. The lowest BCUT2D eigenvalue weighted by Crippen LogP contribution is -2.23. The van der Waals surface area contributed by atoms with E-state index in [4.69, 9.17) is 9.84 Å². The second-order valence-electron chi connectivity index (χ2n) is 6.41. The van der Waals surface area contributed by atoms with Gasteiger partial charge in [0.1, 0.15) is 5.75 Å². The largest absolute Gasteiger partial charge is 0.479 e. The number of carbonyl (C=O) groups excluding carboxylic acids is 1. The molecule has 2 N–H and O–H groups in total. The van der Waals surface area contributed by atoms with Crippen molar-refractivity contribution in [3.8, 4) is 5.75 Å². The number of aliphatic carboxylic acids is 1. The number of hydrogen-bond donors (Lipinski definition) is 2. The summed E-state index contributed by atoms with van der Waals surface area (Å²) in [5.41, 5.74) is 3.55. The van der Waals surface area contributed by atoms with Gasteiger partial charge in [-0.15, -0.1) is 0 Å². The van der Waals surface area contributed by atoms with Crippen LogP contribution in [0.1, 0.15) is 23.6 Å². The number of hydrogen-bond acceptors (Lipinski definition) is 5. The van der Waals surface area contributed by atoms with Gasteiger partial charge in [-0.05, 0) is 61.9 Å². The lowest BCUT2D eigenvalue weighted by molar-refractivity contribution is -0.144. The SMILES string of the molecule is Cc1ccc(C)c(N=C2NC(=O)/C(=C\c3ccccc3OC(C)C(=O)O)S2)c1. The van der Waals surface area contributed by atoms with Crippen molar-refractivity contribution in [2.45, 2.75) is 26.9 Å². The summed E-state index contributed by atoms with van der Waals surface area (Å²) >= 11 is 1.24. The number of nitrogens with zero attached hydrogens (tertiary/aromatic N) is 1. The molecule has 1 heterocycles. The number of carbonyl (C=O) groups is 2. The summed E-state index contributed by atoms with van der Waals surface area (Å²) in [5, 5.41) is 12.3. The van der Waals surface area contributed by atoms with Crippen molar-refractivity contribution in [1.82, 2.24) is 5.32 Å². The van der Waals surface area contributed by atoms with Crippen LogP contribution in [0.15, 0.2) is 52.4 Å². The summed E-state index contributed by atoms with van der Waals surface area (Å²) in [6.45, 7) is 5.41. The Hall–Kier alpha value is -3.06. The van der Waals surface area contributed by atoms with Crippen LogP contribution < -0.4 is 10.1 Å². The van der Waals surface area contributed by atoms with Crippen LogP contribution >= 0.6 is 11.8 Å². The molecule has 1 atom stereocenters. The minimum absolute atomic E-state index is 0.254. The van der Waals surface area contributed by atoms with E-state index in [-0.39, 0.29) is 5.91 Å². The van der Waals surface area contributed by atoms with Crippen molar-refractivity contribution in [2.75, 3.05) is 0 Å². The molecular weight excluding hydrogens is 376 g/mol. The van der Waals surface area contributed by atoms with Crippen LogP contribution in [0.3, 0.4) is 0 Å². The van der Waals surface area contributed by atoms with Crippen LogP contribution in [-0.4, -0.2) is 28.3 Å². The molecule has 144 valence electrons. The Morgan fingerprint density at radius 2 is 2.00 bits per heavy atom. The number of aliphatic imine (C=N–C) groups is 1. The lowest BCUT2D eigenvalue weighted by atomic mass is 10.1. The molecule has 0 spiro atoms. The first-order valence-corrected chi connectivity index (χ1v) is 9.50. The molecule has 6 nitrogen and oxygen atoms in total. The summed E-state index contributed by atoms with van der Waals surface area (Å²) in [6.07, 6.45) is 0.682. The molecule has 2 aromatic rings. The second-order valence-corrected chi connectivity index (χ2v) is 7.44. The molecule has 1 unspecified atom stereocenters. The number of para-hydroxylation sites is 1. The summed E-state index contributed by atoms with van der Waals surface area (Å²) in [7, 11) is 0. The van der Waals surface area contributed by atoms with E-state index in [1.807, 2.05) is 32.0 Å². The molecule has 1 aliphatic rings. The molecule has 1 aliphatic heterocycles. The monoisotopic (exact) mass is 396 g/mol. The van der Waals surface area contributed by atoms with Crippen LogP contribution in [-0.2, 0) is 9.59 Å². The average molecular weight is 396 g/mol. The highest BCUT2D eigenvalue weighted by atomic mass is 32.2. The number of thioether (sulfide) groups is 1. The van der Waals surface area contributed by atoms with Gasteiger partial charge in [0, 0.05) is 5.56 Å². The zero-order chi connectivity index (χ0) is 20.3. The number of amides is 1.